The van der Waals surface area contributed by atoms with Gasteiger partial charge in [-0.1, -0.05) is 26.7 Å². The molecule has 2 heterocycles. The van der Waals surface area contributed by atoms with Gasteiger partial charge in [-0.25, -0.2) is 0 Å². The van der Waals surface area contributed by atoms with Crippen LogP contribution in [0.1, 0.15) is 52.5 Å². The molecule has 1 unspecified atom stereocenters. The molecule has 0 amide bonds. The lowest BCUT2D eigenvalue weighted by Gasteiger charge is -2.14. The third kappa shape index (κ3) is 3.24. The first-order chi connectivity index (χ1) is 13.5. The van der Waals surface area contributed by atoms with Crippen molar-refractivity contribution in [3.63, 3.8) is 0 Å². The Morgan fingerprint density at radius 3 is 1.86 bits per heavy atom. The monoisotopic (exact) mass is 386 g/mol. The van der Waals surface area contributed by atoms with Crippen molar-refractivity contribution >= 4 is 21.5 Å². The number of likely N-dealkylation sites (N-methyl/N-ethyl adjacent to an activating group) is 1. The van der Waals surface area contributed by atoms with Gasteiger partial charge in [0, 0.05) is 6.04 Å². The highest BCUT2D eigenvalue weighted by molar-refractivity contribution is 5.97. The van der Waals surface area contributed by atoms with Crippen molar-refractivity contribution in [3.8, 4) is 0 Å². The molecule has 28 heavy (non-hydrogen) atoms. The van der Waals surface area contributed by atoms with Crippen LogP contribution in [0.4, 0.5) is 0 Å². The van der Waals surface area contributed by atoms with E-state index in [9.17, 15) is 19.2 Å². The number of nitrogens with two attached hydrogens (primary N) is 1. The van der Waals surface area contributed by atoms with Crippen molar-refractivity contribution in [1.29, 1.82) is 0 Å². The van der Waals surface area contributed by atoms with Crippen molar-refractivity contribution in [2.75, 3.05) is 13.1 Å². The fourth-order valence-electron chi connectivity index (χ4n) is 3.96. The average molecular weight is 386 g/mol. The van der Waals surface area contributed by atoms with Crippen LogP contribution in [0.3, 0.4) is 0 Å². The number of benzene rings is 1. The lowest BCUT2D eigenvalue weighted by atomic mass is 10.1. The van der Waals surface area contributed by atoms with Crippen LogP contribution in [0.5, 0.6) is 0 Å². The van der Waals surface area contributed by atoms with Gasteiger partial charge in [0.25, 0.3) is 22.2 Å². The molecule has 3 rings (SSSR count). The second kappa shape index (κ2) is 8.22. The van der Waals surface area contributed by atoms with E-state index in [2.05, 4.69) is 6.92 Å². The minimum absolute atomic E-state index is 0.158. The molecular formula is C21H28N3O4+. The van der Waals surface area contributed by atoms with Gasteiger partial charge in [0.1, 0.15) is 0 Å². The van der Waals surface area contributed by atoms with Gasteiger partial charge in [-0.15, -0.1) is 0 Å². The van der Waals surface area contributed by atoms with Crippen molar-refractivity contribution in [3.05, 3.63) is 53.5 Å². The highest BCUT2D eigenvalue weighted by Gasteiger charge is 2.22. The predicted octanol–water partition coefficient (Wildman–Crippen LogP) is 0.637. The van der Waals surface area contributed by atoms with Crippen LogP contribution >= 0.6 is 0 Å². The number of hydrogen-bond donors (Lipinski definition) is 1. The molecule has 7 nitrogen and oxygen atoms in total. The molecule has 0 radical (unpaired) electrons. The summed E-state index contributed by atoms with van der Waals surface area (Å²) in [6, 6.07) is 2.73. The smallest absolute Gasteiger partial charge is 0.261 e. The maximum absolute atomic E-state index is 12.9. The van der Waals surface area contributed by atoms with E-state index in [1.807, 2.05) is 19.2 Å². The molecule has 0 aliphatic heterocycles. The standard InChI is InChI=1S/C21H27N3O4/c1-4-7-8-13(5-2)24-20(27)16-11-14-15(12-17(16)21(24)28)19(26)23(18(14)25)10-9-22-6-3/h11-13,22H,4-10H2,1-3H3/p+1. The van der Waals surface area contributed by atoms with Crippen LogP contribution in [0, 0.1) is 0 Å². The molecule has 2 aromatic heterocycles. The second-order valence-corrected chi connectivity index (χ2v) is 7.38. The summed E-state index contributed by atoms with van der Waals surface area (Å²) in [5, 5.41) is 2.94. The number of hydrogen-bond acceptors (Lipinski definition) is 4. The minimum atomic E-state index is -0.385. The number of fused-ring (bicyclic) bond motifs is 2. The Labute approximate surface area is 162 Å². The van der Waals surface area contributed by atoms with E-state index < -0.39 is 0 Å². The van der Waals surface area contributed by atoms with Gasteiger partial charge in [0.15, 0.2) is 0 Å². The first-order valence-electron chi connectivity index (χ1n) is 10.2. The van der Waals surface area contributed by atoms with Crippen LogP contribution in [-0.2, 0) is 6.54 Å². The summed E-state index contributed by atoms with van der Waals surface area (Å²) in [6.07, 6.45) is 3.37. The fourth-order valence-corrected chi connectivity index (χ4v) is 3.96. The maximum atomic E-state index is 12.9. The van der Waals surface area contributed by atoms with Gasteiger partial charge in [-0.3, -0.25) is 28.3 Å². The summed E-state index contributed by atoms with van der Waals surface area (Å²) >= 11 is 0. The van der Waals surface area contributed by atoms with Gasteiger partial charge in [-0.2, -0.15) is 0 Å². The summed E-state index contributed by atoms with van der Waals surface area (Å²) < 4.78 is 2.52. The quantitative estimate of drug-likeness (QED) is 0.546. The summed E-state index contributed by atoms with van der Waals surface area (Å²) in [7, 11) is 0. The number of quaternary nitrogens is 1. The zero-order valence-electron chi connectivity index (χ0n) is 16.8. The Morgan fingerprint density at radius 2 is 1.39 bits per heavy atom. The lowest BCUT2D eigenvalue weighted by molar-refractivity contribution is -0.652. The predicted molar refractivity (Wildman–Crippen MR) is 111 cm³/mol. The van der Waals surface area contributed by atoms with Gasteiger partial charge >= 0.3 is 0 Å². The molecule has 150 valence electrons. The number of nitrogens with zero attached hydrogens (tertiary/aromatic N) is 2. The third-order valence-corrected chi connectivity index (χ3v) is 5.58. The van der Waals surface area contributed by atoms with E-state index >= 15 is 0 Å². The maximum Gasteiger partial charge on any atom is 0.261 e. The van der Waals surface area contributed by atoms with Crippen LogP contribution < -0.4 is 27.6 Å². The van der Waals surface area contributed by atoms with Crippen LogP contribution in [0.15, 0.2) is 31.3 Å². The summed E-state index contributed by atoms with van der Waals surface area (Å²) in [6.45, 7) is 7.84. The van der Waals surface area contributed by atoms with E-state index in [1.54, 1.807) is 0 Å². The molecule has 0 aliphatic rings. The zero-order chi connectivity index (χ0) is 20.4. The largest absolute Gasteiger partial charge is 0.345 e. The van der Waals surface area contributed by atoms with Crippen LogP contribution in [0.2, 0.25) is 0 Å². The van der Waals surface area contributed by atoms with Gasteiger partial charge in [-0.05, 0) is 31.9 Å². The number of aromatic nitrogens is 2. The van der Waals surface area contributed by atoms with Crippen molar-refractivity contribution in [2.24, 2.45) is 0 Å². The SMILES string of the molecule is CCCCC(CC)n1c(=O)c2cc3c(=O)n(CC[NH2+]CC)c(=O)c3cc2c1=O. The van der Waals surface area contributed by atoms with Gasteiger partial charge < -0.3 is 5.32 Å². The number of rotatable bonds is 9. The summed E-state index contributed by atoms with van der Waals surface area (Å²) in [5.74, 6) is 0. The molecule has 3 aromatic rings. The van der Waals surface area contributed by atoms with Crippen molar-refractivity contribution < 1.29 is 5.32 Å². The van der Waals surface area contributed by atoms with Crippen LogP contribution in [0.25, 0.3) is 21.5 Å². The average Bonchev–Trinajstić information content (AvgIpc) is 3.07. The van der Waals surface area contributed by atoms with Crippen molar-refractivity contribution in [1.82, 2.24) is 9.13 Å². The number of unbranched alkanes of at least 4 members (excludes halogenated alkanes) is 1. The van der Waals surface area contributed by atoms with Gasteiger partial charge in [0.2, 0.25) is 0 Å². The highest BCUT2D eigenvalue weighted by Crippen LogP contribution is 2.20. The Hall–Kier alpha value is -2.54. The fraction of sp³-hybridized carbons (Fsp3) is 0.524. The zero-order valence-corrected chi connectivity index (χ0v) is 16.8. The first-order valence-corrected chi connectivity index (χ1v) is 10.2. The normalized spacial score (nSPS) is 13.0. The third-order valence-electron chi connectivity index (χ3n) is 5.58. The van der Waals surface area contributed by atoms with Crippen molar-refractivity contribution in [2.45, 2.75) is 59.0 Å². The minimum Gasteiger partial charge on any atom is -0.345 e. The molecule has 0 saturated carbocycles. The molecule has 0 fully saturated rings. The Balaban J connectivity index is 2.20. The molecule has 7 heteroatoms. The molecule has 0 spiro atoms. The highest BCUT2D eigenvalue weighted by atomic mass is 16.2. The molecule has 0 saturated heterocycles. The molecule has 0 bridgehead atoms. The molecular weight excluding hydrogens is 358 g/mol. The second-order valence-electron chi connectivity index (χ2n) is 7.38. The van der Waals surface area contributed by atoms with E-state index in [1.165, 1.54) is 21.3 Å². The molecule has 0 aliphatic carbocycles. The Kier molecular flexibility index (Phi) is 5.93. The Bertz CT molecular complexity index is 1120. The molecule has 1 atom stereocenters. The van der Waals surface area contributed by atoms with Crippen LogP contribution in [-0.4, -0.2) is 22.2 Å². The van der Waals surface area contributed by atoms with E-state index in [0.29, 0.717) is 19.5 Å². The van der Waals surface area contributed by atoms with E-state index in [4.69, 9.17) is 0 Å². The van der Waals surface area contributed by atoms with Gasteiger partial charge in [0.05, 0.1) is 41.2 Å². The Morgan fingerprint density at radius 1 is 0.857 bits per heavy atom. The summed E-state index contributed by atoms with van der Waals surface area (Å²) in [5.41, 5.74) is -1.49. The van der Waals surface area contributed by atoms with E-state index in [-0.39, 0.29) is 49.8 Å². The van der Waals surface area contributed by atoms with E-state index in [0.717, 1.165) is 25.8 Å². The topological polar surface area (TPSA) is 94.8 Å². The summed E-state index contributed by atoms with van der Waals surface area (Å²) in [4.78, 5) is 51.3. The molecule has 2 N–H and O–H groups in total. The lowest BCUT2D eigenvalue weighted by Crippen LogP contribution is -2.84. The first kappa shape index (κ1) is 20.2. The molecule has 1 aromatic carbocycles.